The zero-order chi connectivity index (χ0) is 16.8. The highest BCUT2D eigenvalue weighted by Gasteiger charge is 2.07. The van der Waals surface area contributed by atoms with Crippen LogP contribution in [0.1, 0.15) is 16.1 Å². The molecule has 0 unspecified atom stereocenters. The molecule has 2 N–H and O–H groups in total. The van der Waals surface area contributed by atoms with Crippen molar-refractivity contribution >= 4 is 17.3 Å². The first-order valence-corrected chi connectivity index (χ1v) is 7.51. The third-order valence-electron chi connectivity index (χ3n) is 3.41. The van der Waals surface area contributed by atoms with E-state index in [9.17, 15) is 9.18 Å². The van der Waals surface area contributed by atoms with E-state index in [1.54, 1.807) is 30.5 Å². The Morgan fingerprint density at radius 3 is 2.50 bits per heavy atom. The number of benzene rings is 2. The molecule has 3 aromatic rings. The lowest BCUT2D eigenvalue weighted by Crippen LogP contribution is -2.23. The van der Waals surface area contributed by atoms with E-state index in [-0.39, 0.29) is 11.7 Å². The second-order valence-electron chi connectivity index (χ2n) is 5.24. The van der Waals surface area contributed by atoms with Gasteiger partial charge in [0.1, 0.15) is 11.5 Å². The van der Waals surface area contributed by atoms with Gasteiger partial charge >= 0.3 is 0 Å². The van der Waals surface area contributed by atoms with E-state index in [0.717, 1.165) is 5.56 Å². The molecule has 0 atom stereocenters. The minimum Gasteiger partial charge on any atom is -0.354 e. The molecule has 0 saturated carbocycles. The number of carbonyl (C=O) groups excluding carboxylic acids is 1. The molecule has 24 heavy (non-hydrogen) atoms. The van der Waals surface area contributed by atoms with Crippen LogP contribution >= 0.6 is 0 Å². The third kappa shape index (κ3) is 4.16. The third-order valence-corrected chi connectivity index (χ3v) is 3.41. The largest absolute Gasteiger partial charge is 0.354 e. The molecule has 1 aromatic heterocycles. The minimum absolute atomic E-state index is 0.240. The van der Waals surface area contributed by atoms with E-state index in [4.69, 9.17) is 0 Å². The van der Waals surface area contributed by atoms with Crippen LogP contribution in [-0.2, 0) is 6.54 Å². The predicted octanol–water partition coefficient (Wildman–Crippen LogP) is 3.89. The molecule has 0 spiro atoms. The van der Waals surface area contributed by atoms with Crippen molar-refractivity contribution in [2.75, 3.05) is 5.32 Å². The average Bonchev–Trinajstić information content (AvgIpc) is 2.61. The zero-order valence-corrected chi connectivity index (χ0v) is 12.9. The molecule has 0 bridgehead atoms. The number of pyridine rings is 1. The van der Waals surface area contributed by atoms with Crippen molar-refractivity contribution in [2.45, 2.75) is 6.54 Å². The number of nitrogens with one attached hydrogen (secondary N) is 2. The first-order valence-electron chi connectivity index (χ1n) is 7.51. The van der Waals surface area contributed by atoms with E-state index in [1.165, 1.54) is 12.1 Å². The maximum Gasteiger partial charge on any atom is 0.270 e. The smallest absolute Gasteiger partial charge is 0.270 e. The Hall–Kier alpha value is -3.21. The van der Waals surface area contributed by atoms with Crippen LogP contribution in [0, 0.1) is 5.82 Å². The fourth-order valence-corrected chi connectivity index (χ4v) is 2.20. The van der Waals surface area contributed by atoms with Gasteiger partial charge in [-0.05, 0) is 35.9 Å². The fourth-order valence-electron chi connectivity index (χ4n) is 2.20. The number of hydrogen-bond acceptors (Lipinski definition) is 3. The van der Waals surface area contributed by atoms with Gasteiger partial charge in [0.2, 0.25) is 0 Å². The minimum atomic E-state index is -0.315. The summed E-state index contributed by atoms with van der Waals surface area (Å²) in [5.41, 5.74) is 2.66. The van der Waals surface area contributed by atoms with Gasteiger partial charge in [0.05, 0.1) is 11.9 Å². The molecule has 4 nitrogen and oxygen atoms in total. The topological polar surface area (TPSA) is 54.0 Å². The van der Waals surface area contributed by atoms with Crippen LogP contribution in [0.3, 0.4) is 0 Å². The summed E-state index contributed by atoms with van der Waals surface area (Å²) in [7, 11) is 0. The van der Waals surface area contributed by atoms with Crippen molar-refractivity contribution in [1.82, 2.24) is 10.3 Å². The second-order valence-corrected chi connectivity index (χ2v) is 5.24. The van der Waals surface area contributed by atoms with Crippen LogP contribution in [0.5, 0.6) is 0 Å². The van der Waals surface area contributed by atoms with Crippen LogP contribution in [0.25, 0.3) is 0 Å². The number of carbonyl (C=O) groups is 1. The molecule has 2 aromatic carbocycles. The molecular weight excluding hydrogens is 305 g/mol. The normalized spacial score (nSPS) is 10.2. The highest BCUT2D eigenvalue weighted by molar-refractivity contribution is 5.92. The molecule has 0 radical (unpaired) electrons. The average molecular weight is 321 g/mol. The molecule has 1 heterocycles. The van der Waals surface area contributed by atoms with Crippen molar-refractivity contribution in [3.8, 4) is 0 Å². The Kier molecular flexibility index (Phi) is 4.81. The van der Waals surface area contributed by atoms with Gasteiger partial charge in [-0.3, -0.25) is 4.79 Å². The van der Waals surface area contributed by atoms with Crippen LogP contribution in [0.4, 0.5) is 15.8 Å². The molecule has 0 saturated heterocycles. The van der Waals surface area contributed by atoms with Gasteiger partial charge in [0.25, 0.3) is 5.91 Å². The Labute approximate surface area is 139 Å². The number of aromatic nitrogens is 1. The Morgan fingerprint density at radius 2 is 1.79 bits per heavy atom. The van der Waals surface area contributed by atoms with Crippen molar-refractivity contribution in [3.63, 3.8) is 0 Å². The van der Waals surface area contributed by atoms with Gasteiger partial charge in [-0.15, -0.1) is 0 Å². The first-order chi connectivity index (χ1) is 11.7. The van der Waals surface area contributed by atoms with Crippen molar-refractivity contribution < 1.29 is 9.18 Å². The monoisotopic (exact) mass is 321 g/mol. The van der Waals surface area contributed by atoms with Crippen molar-refractivity contribution in [1.29, 1.82) is 0 Å². The summed E-state index contributed by atoms with van der Waals surface area (Å²) in [5.74, 6) is -0.555. The van der Waals surface area contributed by atoms with Crippen molar-refractivity contribution in [3.05, 3.63) is 90.0 Å². The molecule has 0 fully saturated rings. The lowest BCUT2D eigenvalue weighted by Gasteiger charge is -2.08. The summed E-state index contributed by atoms with van der Waals surface area (Å²) in [6.45, 7) is 0.449. The standard InChI is InChI=1S/C19H16FN3O/c20-15-7-4-8-16(11-15)23-17-9-10-18(21-13-17)19(24)22-12-14-5-2-1-3-6-14/h1-11,13,23H,12H2,(H,22,24). The van der Waals surface area contributed by atoms with Gasteiger partial charge in [0.15, 0.2) is 0 Å². The van der Waals surface area contributed by atoms with Crippen LogP contribution < -0.4 is 10.6 Å². The van der Waals surface area contributed by atoms with E-state index in [1.807, 2.05) is 30.3 Å². The number of hydrogen-bond donors (Lipinski definition) is 2. The summed E-state index contributed by atoms with van der Waals surface area (Å²) >= 11 is 0. The highest BCUT2D eigenvalue weighted by atomic mass is 19.1. The van der Waals surface area contributed by atoms with E-state index < -0.39 is 0 Å². The Bertz CT molecular complexity index is 820. The van der Waals surface area contributed by atoms with E-state index >= 15 is 0 Å². The lowest BCUT2D eigenvalue weighted by molar-refractivity contribution is 0.0946. The molecule has 5 heteroatoms. The molecule has 0 aliphatic heterocycles. The lowest BCUT2D eigenvalue weighted by atomic mass is 10.2. The Morgan fingerprint density at radius 1 is 0.958 bits per heavy atom. The van der Waals surface area contributed by atoms with Crippen LogP contribution in [-0.4, -0.2) is 10.9 Å². The summed E-state index contributed by atoms with van der Waals surface area (Å²) in [6.07, 6.45) is 1.54. The first kappa shape index (κ1) is 15.7. The number of amides is 1. The summed E-state index contributed by atoms with van der Waals surface area (Å²) in [5, 5.41) is 5.85. The summed E-state index contributed by atoms with van der Waals surface area (Å²) in [4.78, 5) is 16.2. The van der Waals surface area contributed by atoms with E-state index in [2.05, 4.69) is 15.6 Å². The SMILES string of the molecule is O=C(NCc1ccccc1)c1ccc(Nc2cccc(F)c2)cn1. The van der Waals surface area contributed by atoms with Crippen LogP contribution in [0.15, 0.2) is 72.9 Å². The number of halogens is 1. The molecule has 3 rings (SSSR count). The maximum atomic E-state index is 13.2. The van der Waals surface area contributed by atoms with Crippen molar-refractivity contribution in [2.24, 2.45) is 0 Å². The molecular formula is C19H16FN3O. The quantitative estimate of drug-likeness (QED) is 0.749. The molecule has 120 valence electrons. The second kappa shape index (κ2) is 7.37. The number of anilines is 2. The summed E-state index contributed by atoms with van der Waals surface area (Å²) in [6, 6.07) is 19.2. The summed E-state index contributed by atoms with van der Waals surface area (Å²) < 4.78 is 13.2. The van der Waals surface area contributed by atoms with Gasteiger partial charge in [-0.1, -0.05) is 36.4 Å². The molecule has 1 amide bonds. The van der Waals surface area contributed by atoms with Gasteiger partial charge < -0.3 is 10.6 Å². The molecule has 0 aliphatic rings. The predicted molar refractivity (Wildman–Crippen MR) is 91.5 cm³/mol. The Balaban J connectivity index is 1.60. The number of rotatable bonds is 5. The fraction of sp³-hybridized carbons (Fsp3) is 0.0526. The van der Waals surface area contributed by atoms with Gasteiger partial charge in [-0.2, -0.15) is 0 Å². The zero-order valence-electron chi connectivity index (χ0n) is 12.9. The maximum absolute atomic E-state index is 13.2. The highest BCUT2D eigenvalue weighted by Crippen LogP contribution is 2.16. The van der Waals surface area contributed by atoms with E-state index in [0.29, 0.717) is 23.6 Å². The molecule has 0 aliphatic carbocycles. The van der Waals surface area contributed by atoms with Crippen LogP contribution in [0.2, 0.25) is 0 Å². The van der Waals surface area contributed by atoms with Gasteiger partial charge in [0, 0.05) is 12.2 Å². The van der Waals surface area contributed by atoms with Gasteiger partial charge in [-0.25, -0.2) is 9.37 Å². The number of nitrogens with zero attached hydrogens (tertiary/aromatic N) is 1.